The van der Waals surface area contributed by atoms with Gasteiger partial charge in [0, 0.05) is 37.2 Å². The molecule has 3 amide bonds. The predicted octanol–water partition coefficient (Wildman–Crippen LogP) is 1.72. The minimum atomic E-state index is -2.36. The van der Waals surface area contributed by atoms with Crippen molar-refractivity contribution in [3.63, 3.8) is 0 Å². The molecule has 8 N–H and O–H groups in total. The van der Waals surface area contributed by atoms with Crippen LogP contribution in [0.25, 0.3) is 11.2 Å². The molecule has 0 radical (unpaired) electrons. The summed E-state index contributed by atoms with van der Waals surface area (Å²) in [4.78, 5) is 87.7. The number of fused-ring (bicyclic) bond motifs is 1. The summed E-state index contributed by atoms with van der Waals surface area (Å²) in [5.41, 5.74) is 6.41. The highest BCUT2D eigenvalue weighted by Gasteiger charge is 2.29. The number of amides is 3. The number of nitrogens with one attached hydrogen (secondary N) is 5. The summed E-state index contributed by atoms with van der Waals surface area (Å²) in [5, 5.41) is 20.6. The van der Waals surface area contributed by atoms with E-state index >= 15 is 0 Å². The van der Waals surface area contributed by atoms with E-state index in [9.17, 15) is 55.8 Å². The van der Waals surface area contributed by atoms with Gasteiger partial charge in [-0.3, -0.25) is 29.0 Å². The van der Waals surface area contributed by atoms with E-state index in [1.165, 1.54) is 18.3 Å². The Labute approximate surface area is 460 Å². The van der Waals surface area contributed by atoms with Crippen molar-refractivity contribution in [1.82, 2.24) is 35.9 Å². The van der Waals surface area contributed by atoms with Crippen LogP contribution in [-0.4, -0.2) is 193 Å². The monoisotopic (exact) mass is 1160 g/mol. The number of nitrogens with zero attached hydrogens (tertiary/aromatic N) is 3. The third-order valence-corrected chi connectivity index (χ3v) is 10.7. The lowest BCUT2D eigenvalue weighted by Crippen LogP contribution is -2.41. The van der Waals surface area contributed by atoms with Gasteiger partial charge in [-0.1, -0.05) is 0 Å². The Morgan fingerprint density at radius 1 is 0.593 bits per heavy atom. The maximum Gasteiger partial charge on any atom is 0.326 e. The third-order valence-electron chi connectivity index (χ3n) is 10.7. The van der Waals surface area contributed by atoms with Crippen LogP contribution >= 0.6 is 0 Å². The molecule has 1 atom stereocenters. The molecule has 0 spiro atoms. The summed E-state index contributed by atoms with van der Waals surface area (Å²) in [6.45, 7) is 5.55. The molecule has 4 rings (SSSR count). The van der Waals surface area contributed by atoms with E-state index in [0.717, 1.165) is 0 Å². The average molecular weight is 1160 g/mol. The minimum absolute atomic E-state index is 0.0345. The molecule has 0 saturated carbocycles. The molecule has 0 saturated heterocycles. The Balaban J connectivity index is 0.838. The fourth-order valence-electron chi connectivity index (χ4n) is 6.50. The van der Waals surface area contributed by atoms with Gasteiger partial charge in [-0.05, 0) is 37.1 Å². The normalized spacial score (nSPS) is 11.6. The highest BCUT2D eigenvalue weighted by Crippen LogP contribution is 2.29. The van der Waals surface area contributed by atoms with Crippen molar-refractivity contribution in [2.24, 2.45) is 0 Å². The Morgan fingerprint density at radius 3 is 1.52 bits per heavy atom. The van der Waals surface area contributed by atoms with Gasteiger partial charge >= 0.3 is 11.9 Å². The number of esters is 1. The number of aromatic amines is 1. The second-order valence-electron chi connectivity index (χ2n) is 16.8. The molecule has 0 aliphatic rings. The van der Waals surface area contributed by atoms with Crippen molar-refractivity contribution in [3.05, 3.63) is 81.2 Å². The van der Waals surface area contributed by atoms with Crippen molar-refractivity contribution in [1.29, 1.82) is 0 Å². The van der Waals surface area contributed by atoms with E-state index in [1.807, 2.05) is 0 Å². The quantitative estimate of drug-likeness (QED) is 0.00828. The molecule has 0 unspecified atom stereocenters. The zero-order valence-corrected chi connectivity index (χ0v) is 44.1. The Bertz CT molecular complexity index is 2620. The summed E-state index contributed by atoms with van der Waals surface area (Å²) in [7, 11) is 0. The van der Waals surface area contributed by atoms with Crippen LogP contribution in [0, 0.1) is 29.1 Å². The van der Waals surface area contributed by atoms with Gasteiger partial charge in [-0.25, -0.2) is 27.9 Å². The smallest absolute Gasteiger partial charge is 0.326 e. The third kappa shape index (κ3) is 26.4. The Kier molecular flexibility index (Phi) is 31.6. The molecule has 2 heterocycles. The van der Waals surface area contributed by atoms with Gasteiger partial charge in [0.05, 0.1) is 144 Å². The number of carbonyl (C=O) groups excluding carboxylic acids is 4. The first-order valence-corrected chi connectivity index (χ1v) is 25.5. The number of nitrogen functional groups attached to an aromatic ring is 1. The predicted molar refractivity (Wildman–Crippen MR) is 273 cm³/mol. The first-order valence-electron chi connectivity index (χ1n) is 25.5. The van der Waals surface area contributed by atoms with E-state index in [2.05, 4.69) is 45.9 Å². The topological polar surface area (TPSA) is 344 Å². The summed E-state index contributed by atoms with van der Waals surface area (Å²) in [6.07, 6.45) is 1.19. The Morgan fingerprint density at radius 2 is 1.04 bits per heavy atom. The molecule has 0 fully saturated rings. The number of carboxylic acids is 1. The van der Waals surface area contributed by atoms with Crippen LogP contribution in [-0.2, 0) is 68.4 Å². The van der Waals surface area contributed by atoms with Crippen LogP contribution in [0.15, 0.2) is 35.3 Å². The first kappa shape index (κ1) is 66.4. The van der Waals surface area contributed by atoms with Crippen LogP contribution in [0.2, 0.25) is 0 Å². The fourth-order valence-corrected chi connectivity index (χ4v) is 6.50. The van der Waals surface area contributed by atoms with Gasteiger partial charge in [0.15, 0.2) is 11.2 Å². The average Bonchev–Trinajstić information content (AvgIpc) is 3.47. The van der Waals surface area contributed by atoms with Gasteiger partial charge in [0.2, 0.25) is 52.6 Å². The fraction of sp³-hybridized carbons (Fsp3) is 0.540. The molecule has 448 valence electrons. The van der Waals surface area contributed by atoms with Gasteiger partial charge in [0.25, 0.3) is 11.5 Å². The lowest BCUT2D eigenvalue weighted by atomic mass is 10.1. The molecule has 26 nitrogen and oxygen atoms in total. The van der Waals surface area contributed by atoms with E-state index in [-0.39, 0.29) is 107 Å². The van der Waals surface area contributed by atoms with Gasteiger partial charge in [0.1, 0.15) is 6.04 Å². The molecule has 2 aromatic carbocycles. The lowest BCUT2D eigenvalue weighted by Gasteiger charge is -2.15. The number of nitrogens with two attached hydrogens (primary N) is 1. The van der Waals surface area contributed by atoms with Gasteiger partial charge < -0.3 is 79.5 Å². The molecule has 0 bridgehead atoms. The summed E-state index contributed by atoms with van der Waals surface area (Å²) < 4.78 is 119. The molecule has 81 heavy (non-hydrogen) atoms. The van der Waals surface area contributed by atoms with Crippen molar-refractivity contribution in [2.75, 3.05) is 143 Å². The zero-order chi connectivity index (χ0) is 58.6. The van der Waals surface area contributed by atoms with Crippen LogP contribution in [0.4, 0.5) is 33.6 Å². The number of hydrogen-bond donors (Lipinski definition) is 7. The van der Waals surface area contributed by atoms with E-state index < -0.39 is 76.6 Å². The molecule has 31 heteroatoms. The van der Waals surface area contributed by atoms with Crippen molar-refractivity contribution in [3.8, 4) is 5.75 Å². The second-order valence-corrected chi connectivity index (χ2v) is 16.8. The van der Waals surface area contributed by atoms with Crippen molar-refractivity contribution >= 4 is 52.5 Å². The molecule has 0 aliphatic heterocycles. The number of rotatable bonds is 44. The van der Waals surface area contributed by atoms with Crippen LogP contribution in [0.1, 0.15) is 48.2 Å². The summed E-state index contributed by atoms with van der Waals surface area (Å²) in [5.74, 6) is -16.9. The maximum atomic E-state index is 13.6. The largest absolute Gasteiger partial charge is 0.480 e. The number of aliphatic carboxylic acids is 1. The highest BCUT2D eigenvalue weighted by atomic mass is 19.2. The lowest BCUT2D eigenvalue weighted by molar-refractivity contribution is -0.139. The number of ether oxygens (including phenoxy) is 10. The number of halogens is 5. The number of hydrogen-bond acceptors (Lipinski definition) is 21. The highest BCUT2D eigenvalue weighted by molar-refractivity contribution is 5.97. The first-order chi connectivity index (χ1) is 39.1. The van der Waals surface area contributed by atoms with Crippen LogP contribution in [0.5, 0.6) is 5.75 Å². The van der Waals surface area contributed by atoms with Gasteiger partial charge in [-0.2, -0.15) is 13.8 Å². The minimum Gasteiger partial charge on any atom is -0.480 e. The standard InChI is InChI=1S/C50H66F5N9O17/c51-39-40(52)42(54)45(43(55)41(39)53)81-38(67)9-13-73-15-17-75-19-21-77-23-25-79-27-29-80-28-26-78-24-22-76-20-18-74-16-14-72-12-8-37(66)58-11-1-10-57-36(65)7-6-35(49(70)71)62-47(68)32-2-4-33(5-3-32)59-30-34-31-60-46-44(61-34)48(69)64-50(56)63-46/h2-5,31,35,59H,1,6-30H2,(H,57,65)(H,58,66)(H,62,68)(H,70,71)(H3,56,60,63,64,69)/t35-/m0/s1. The summed E-state index contributed by atoms with van der Waals surface area (Å²) in [6, 6.07) is 4.89. The SMILES string of the molecule is Nc1nc2ncc(CNc3ccc(C(=O)N[C@@H](CCC(=O)NCCCNC(=O)CCOCCOCCOCCOCCOCCOCCOCCOCCOCCC(=O)Oc4c(F)c(F)c(F)c(F)c4F)C(=O)O)cc3)nc2c(=O)[nH]1. The van der Waals surface area contributed by atoms with Crippen molar-refractivity contribution in [2.45, 2.75) is 44.7 Å². The second kappa shape index (κ2) is 38.5. The van der Waals surface area contributed by atoms with Gasteiger partial charge in [-0.15, -0.1) is 0 Å². The van der Waals surface area contributed by atoms with E-state index in [1.54, 1.807) is 12.1 Å². The molecular formula is C50H66F5N9O17. The number of H-pyrrole nitrogens is 1. The molecule has 2 aromatic heterocycles. The maximum absolute atomic E-state index is 13.6. The zero-order valence-electron chi connectivity index (χ0n) is 44.1. The van der Waals surface area contributed by atoms with Crippen LogP contribution < -0.4 is 37.3 Å². The number of carbonyl (C=O) groups is 5. The number of anilines is 2. The Hall–Kier alpha value is -7.10. The number of aromatic nitrogens is 4. The van der Waals surface area contributed by atoms with Crippen molar-refractivity contribution < 1.29 is 98.4 Å². The van der Waals surface area contributed by atoms with E-state index in [4.69, 9.17) is 48.4 Å². The molecular weight excluding hydrogens is 1090 g/mol. The van der Waals surface area contributed by atoms with Crippen LogP contribution in [0.3, 0.4) is 0 Å². The number of carboxylic acid groups (broad SMARTS) is 1. The summed E-state index contributed by atoms with van der Waals surface area (Å²) >= 11 is 0. The molecule has 4 aromatic rings. The molecule has 0 aliphatic carbocycles. The number of benzene rings is 2. The van der Waals surface area contributed by atoms with E-state index in [0.29, 0.717) is 97.0 Å².